The van der Waals surface area contributed by atoms with Gasteiger partial charge in [-0.15, -0.1) is 0 Å². The van der Waals surface area contributed by atoms with E-state index in [-0.39, 0.29) is 17.9 Å². The van der Waals surface area contributed by atoms with Gasteiger partial charge in [-0.05, 0) is 29.8 Å². The van der Waals surface area contributed by atoms with Crippen molar-refractivity contribution in [3.8, 4) is 17.4 Å². The standard InChI is InChI=1S/C18H20N2O6/c1-24-14-7-6-11(9-15(14)25-2)13(10-16(21)22)20-17(23)12-5-4-8-19-18(12)26-3/h4-9,13H,10H2,1-3H3,(H,20,23)(H,21,22). The fraction of sp³-hybridized carbons (Fsp3) is 0.278. The lowest BCUT2D eigenvalue weighted by atomic mass is 10.0. The van der Waals surface area contributed by atoms with Crippen LogP contribution < -0.4 is 19.5 Å². The van der Waals surface area contributed by atoms with Crippen molar-refractivity contribution in [3.05, 3.63) is 47.7 Å². The number of aromatic nitrogens is 1. The molecule has 8 nitrogen and oxygen atoms in total. The second-order valence-electron chi connectivity index (χ2n) is 5.30. The van der Waals surface area contributed by atoms with Gasteiger partial charge in [-0.2, -0.15) is 0 Å². The van der Waals surface area contributed by atoms with Gasteiger partial charge in [0.1, 0.15) is 5.56 Å². The fourth-order valence-corrected chi connectivity index (χ4v) is 2.46. The molecule has 0 saturated heterocycles. The number of methoxy groups -OCH3 is 3. The number of hydrogen-bond acceptors (Lipinski definition) is 6. The number of aliphatic carboxylic acids is 1. The van der Waals surface area contributed by atoms with Crippen LogP contribution >= 0.6 is 0 Å². The predicted octanol–water partition coefficient (Wildman–Crippen LogP) is 2.05. The van der Waals surface area contributed by atoms with Crippen molar-refractivity contribution in [1.29, 1.82) is 0 Å². The summed E-state index contributed by atoms with van der Waals surface area (Å²) in [5.74, 6) is -0.440. The number of benzene rings is 1. The Morgan fingerprint density at radius 1 is 1.12 bits per heavy atom. The summed E-state index contributed by atoms with van der Waals surface area (Å²) in [5.41, 5.74) is 0.784. The first kappa shape index (κ1) is 19.0. The van der Waals surface area contributed by atoms with Crippen LogP contribution in [0, 0.1) is 0 Å². The Kier molecular flexibility index (Phi) is 6.37. The summed E-state index contributed by atoms with van der Waals surface area (Å²) in [7, 11) is 4.39. The lowest BCUT2D eigenvalue weighted by Crippen LogP contribution is -2.30. The Hall–Kier alpha value is -3.29. The zero-order valence-corrected chi connectivity index (χ0v) is 14.7. The lowest BCUT2D eigenvalue weighted by Gasteiger charge is -2.19. The number of nitrogens with zero attached hydrogens (tertiary/aromatic N) is 1. The Bertz CT molecular complexity index is 793. The summed E-state index contributed by atoms with van der Waals surface area (Å²) in [6.07, 6.45) is 1.20. The number of rotatable bonds is 8. The Morgan fingerprint density at radius 3 is 2.46 bits per heavy atom. The molecule has 2 N–H and O–H groups in total. The lowest BCUT2D eigenvalue weighted by molar-refractivity contribution is -0.137. The van der Waals surface area contributed by atoms with Crippen LogP contribution in [0.15, 0.2) is 36.5 Å². The van der Waals surface area contributed by atoms with Gasteiger partial charge in [0.25, 0.3) is 5.91 Å². The van der Waals surface area contributed by atoms with Crippen molar-refractivity contribution in [2.24, 2.45) is 0 Å². The van der Waals surface area contributed by atoms with E-state index in [9.17, 15) is 14.7 Å². The van der Waals surface area contributed by atoms with E-state index in [1.165, 1.54) is 27.5 Å². The van der Waals surface area contributed by atoms with Gasteiger partial charge in [-0.3, -0.25) is 9.59 Å². The van der Waals surface area contributed by atoms with Gasteiger partial charge < -0.3 is 24.6 Å². The highest BCUT2D eigenvalue weighted by molar-refractivity contribution is 5.96. The number of ether oxygens (including phenoxy) is 3. The van der Waals surface area contributed by atoms with E-state index >= 15 is 0 Å². The van der Waals surface area contributed by atoms with Crippen molar-refractivity contribution in [2.75, 3.05) is 21.3 Å². The molecule has 1 heterocycles. The molecule has 8 heteroatoms. The Balaban J connectivity index is 2.33. The molecule has 1 unspecified atom stereocenters. The van der Waals surface area contributed by atoms with Gasteiger partial charge in [-0.25, -0.2) is 4.98 Å². The van der Waals surface area contributed by atoms with Crippen LogP contribution in [0.2, 0.25) is 0 Å². The normalized spacial score (nSPS) is 11.3. The summed E-state index contributed by atoms with van der Waals surface area (Å²) in [4.78, 5) is 27.8. The number of carboxylic acids is 1. The van der Waals surface area contributed by atoms with E-state index < -0.39 is 17.9 Å². The highest BCUT2D eigenvalue weighted by Crippen LogP contribution is 2.31. The number of pyridine rings is 1. The van der Waals surface area contributed by atoms with Gasteiger partial charge in [0, 0.05) is 6.20 Å². The maximum absolute atomic E-state index is 12.6. The molecule has 1 aromatic carbocycles. The molecular weight excluding hydrogens is 340 g/mol. The molecule has 2 aromatic rings. The number of carboxylic acid groups (broad SMARTS) is 1. The van der Waals surface area contributed by atoms with Gasteiger partial charge in [0.15, 0.2) is 11.5 Å². The molecular formula is C18H20N2O6. The minimum absolute atomic E-state index is 0.159. The zero-order valence-electron chi connectivity index (χ0n) is 14.7. The van der Waals surface area contributed by atoms with E-state index in [2.05, 4.69) is 10.3 Å². The molecule has 0 saturated carbocycles. The van der Waals surface area contributed by atoms with Crippen molar-refractivity contribution >= 4 is 11.9 Å². The summed E-state index contributed by atoms with van der Waals surface area (Å²) >= 11 is 0. The van der Waals surface area contributed by atoms with Crippen molar-refractivity contribution < 1.29 is 28.9 Å². The molecule has 26 heavy (non-hydrogen) atoms. The second kappa shape index (κ2) is 8.70. The molecule has 0 radical (unpaired) electrons. The number of nitrogens with one attached hydrogen (secondary N) is 1. The van der Waals surface area contributed by atoms with Crippen LogP contribution in [0.25, 0.3) is 0 Å². The highest BCUT2D eigenvalue weighted by Gasteiger charge is 2.22. The molecule has 0 spiro atoms. The quantitative estimate of drug-likeness (QED) is 0.742. The number of amides is 1. The minimum Gasteiger partial charge on any atom is -0.493 e. The molecule has 1 amide bonds. The van der Waals surface area contributed by atoms with E-state index in [0.29, 0.717) is 17.1 Å². The van der Waals surface area contributed by atoms with Crippen LogP contribution in [0.1, 0.15) is 28.4 Å². The Labute approximate surface area is 150 Å². The molecule has 2 rings (SSSR count). The summed E-state index contributed by atoms with van der Waals surface area (Å²) < 4.78 is 15.5. The third-order valence-corrected chi connectivity index (χ3v) is 3.70. The third-order valence-electron chi connectivity index (χ3n) is 3.70. The SMILES string of the molecule is COc1ccc(C(CC(=O)O)NC(=O)c2cccnc2OC)cc1OC. The van der Waals surface area contributed by atoms with Crippen LogP contribution in [0.5, 0.6) is 17.4 Å². The topological polar surface area (TPSA) is 107 Å². The first-order valence-corrected chi connectivity index (χ1v) is 7.73. The highest BCUT2D eigenvalue weighted by atomic mass is 16.5. The molecule has 1 aromatic heterocycles. The molecule has 1 atom stereocenters. The first-order chi connectivity index (χ1) is 12.5. The van der Waals surface area contributed by atoms with Crippen molar-refractivity contribution in [1.82, 2.24) is 10.3 Å². The Morgan fingerprint density at radius 2 is 1.85 bits per heavy atom. The van der Waals surface area contributed by atoms with E-state index in [1.807, 2.05) is 0 Å². The molecule has 0 aliphatic heterocycles. The van der Waals surface area contributed by atoms with Crippen LogP contribution in [-0.4, -0.2) is 43.3 Å². The maximum Gasteiger partial charge on any atom is 0.305 e. The van der Waals surface area contributed by atoms with Crippen LogP contribution in [0.3, 0.4) is 0 Å². The largest absolute Gasteiger partial charge is 0.493 e. The number of carbonyl (C=O) groups is 2. The predicted molar refractivity (Wildman–Crippen MR) is 92.8 cm³/mol. The van der Waals surface area contributed by atoms with E-state index in [4.69, 9.17) is 14.2 Å². The summed E-state index contributed by atoms with van der Waals surface area (Å²) in [6.45, 7) is 0. The van der Waals surface area contributed by atoms with Gasteiger partial charge in [0.2, 0.25) is 5.88 Å². The fourth-order valence-electron chi connectivity index (χ4n) is 2.46. The first-order valence-electron chi connectivity index (χ1n) is 7.73. The summed E-state index contributed by atoms with van der Waals surface area (Å²) in [5, 5.41) is 11.9. The van der Waals surface area contributed by atoms with Gasteiger partial charge in [0.05, 0.1) is 33.8 Å². The van der Waals surface area contributed by atoms with Crippen molar-refractivity contribution in [2.45, 2.75) is 12.5 Å². The molecule has 0 bridgehead atoms. The zero-order chi connectivity index (χ0) is 19.1. The molecule has 138 valence electrons. The molecule has 0 aliphatic carbocycles. The molecule has 0 fully saturated rings. The van der Waals surface area contributed by atoms with Gasteiger partial charge in [-0.1, -0.05) is 6.07 Å². The summed E-state index contributed by atoms with van der Waals surface area (Å²) in [6, 6.07) is 7.33. The maximum atomic E-state index is 12.6. The number of hydrogen-bond donors (Lipinski definition) is 2. The second-order valence-corrected chi connectivity index (χ2v) is 5.30. The van der Waals surface area contributed by atoms with Gasteiger partial charge >= 0.3 is 5.97 Å². The minimum atomic E-state index is -1.05. The monoisotopic (exact) mass is 360 g/mol. The average molecular weight is 360 g/mol. The molecule has 0 aliphatic rings. The average Bonchev–Trinajstić information content (AvgIpc) is 2.66. The van der Waals surface area contributed by atoms with E-state index in [0.717, 1.165) is 0 Å². The van der Waals surface area contributed by atoms with Crippen LogP contribution in [0.4, 0.5) is 0 Å². The van der Waals surface area contributed by atoms with Crippen LogP contribution in [-0.2, 0) is 4.79 Å². The smallest absolute Gasteiger partial charge is 0.305 e. The number of carbonyl (C=O) groups excluding carboxylic acids is 1. The van der Waals surface area contributed by atoms with E-state index in [1.54, 1.807) is 30.3 Å². The van der Waals surface area contributed by atoms with Crippen molar-refractivity contribution in [3.63, 3.8) is 0 Å². The third kappa shape index (κ3) is 4.41.